The third-order valence-corrected chi connectivity index (χ3v) is 7.20. The summed E-state index contributed by atoms with van der Waals surface area (Å²) in [6.07, 6.45) is 4.09. The lowest BCUT2D eigenvalue weighted by molar-refractivity contribution is 0.0953. The molecule has 1 aliphatic heterocycles. The topological polar surface area (TPSA) is 74.3 Å². The van der Waals surface area contributed by atoms with Gasteiger partial charge in [-0.1, -0.05) is 17.8 Å². The second kappa shape index (κ2) is 7.78. The van der Waals surface area contributed by atoms with Crippen LogP contribution in [0.2, 0.25) is 0 Å². The van der Waals surface area contributed by atoms with Crippen LogP contribution in [0.25, 0.3) is 15.7 Å². The molecule has 4 aromatic heterocycles. The summed E-state index contributed by atoms with van der Waals surface area (Å²) < 4.78 is 9.54. The van der Waals surface area contributed by atoms with E-state index >= 15 is 0 Å². The minimum atomic E-state index is -0.0538. The van der Waals surface area contributed by atoms with Crippen molar-refractivity contribution in [2.24, 2.45) is 0 Å². The van der Waals surface area contributed by atoms with Crippen LogP contribution in [-0.2, 0) is 17.0 Å². The van der Waals surface area contributed by atoms with Gasteiger partial charge in [0.25, 0.3) is 5.56 Å². The van der Waals surface area contributed by atoms with E-state index in [2.05, 4.69) is 25.8 Å². The zero-order valence-electron chi connectivity index (χ0n) is 14.9. The lowest BCUT2D eigenvalue weighted by Crippen LogP contribution is -2.16. The van der Waals surface area contributed by atoms with Crippen LogP contribution in [0.5, 0.6) is 0 Å². The minimum absolute atomic E-state index is 0.0538. The highest BCUT2D eigenvalue weighted by atomic mass is 32.2. The van der Waals surface area contributed by atoms with Crippen LogP contribution in [0, 0.1) is 0 Å². The van der Waals surface area contributed by atoms with E-state index < -0.39 is 0 Å². The molecule has 5 heterocycles. The van der Waals surface area contributed by atoms with Gasteiger partial charge in [0.05, 0.1) is 23.2 Å². The van der Waals surface area contributed by atoms with Crippen molar-refractivity contribution in [2.45, 2.75) is 36.4 Å². The van der Waals surface area contributed by atoms with Crippen molar-refractivity contribution in [1.29, 1.82) is 0 Å². The highest BCUT2D eigenvalue weighted by molar-refractivity contribution is 7.98. The van der Waals surface area contributed by atoms with Crippen LogP contribution in [0.1, 0.15) is 18.5 Å². The van der Waals surface area contributed by atoms with Gasteiger partial charge in [-0.15, -0.1) is 32.9 Å². The first-order valence-electron chi connectivity index (χ1n) is 8.95. The number of thiazole rings is 1. The summed E-state index contributed by atoms with van der Waals surface area (Å²) in [6.45, 7) is 1.56. The Balaban J connectivity index is 1.42. The van der Waals surface area contributed by atoms with Crippen LogP contribution >= 0.6 is 34.4 Å². The first-order valence-corrected chi connectivity index (χ1v) is 11.7. The fourth-order valence-electron chi connectivity index (χ4n) is 3.24. The Morgan fingerprint density at radius 1 is 1.29 bits per heavy atom. The van der Waals surface area contributed by atoms with Crippen molar-refractivity contribution in [3.8, 4) is 10.7 Å². The zero-order valence-corrected chi connectivity index (χ0v) is 17.3. The van der Waals surface area contributed by atoms with Gasteiger partial charge in [0.1, 0.15) is 0 Å². The molecule has 0 bridgehead atoms. The molecule has 7 nitrogen and oxygen atoms in total. The highest BCUT2D eigenvalue weighted by Crippen LogP contribution is 2.30. The largest absolute Gasteiger partial charge is 0.376 e. The molecule has 0 aromatic carbocycles. The molecule has 1 unspecified atom stereocenters. The average Bonchev–Trinajstić information content (AvgIpc) is 3.47. The predicted octanol–water partition coefficient (Wildman–Crippen LogP) is 3.55. The molecule has 1 aliphatic rings. The van der Waals surface area contributed by atoms with E-state index in [0.717, 1.165) is 47.5 Å². The monoisotopic (exact) mass is 431 g/mol. The minimum Gasteiger partial charge on any atom is -0.376 e. The van der Waals surface area contributed by atoms with E-state index in [1.807, 2.05) is 16.8 Å². The molecule has 28 heavy (non-hydrogen) atoms. The number of hydrogen-bond donors (Lipinski definition) is 0. The Hall–Kier alpha value is -2.01. The van der Waals surface area contributed by atoms with Crippen molar-refractivity contribution >= 4 is 39.4 Å². The number of fused-ring (bicyclic) bond motifs is 1. The van der Waals surface area contributed by atoms with E-state index in [9.17, 15) is 4.79 Å². The Bertz CT molecular complexity index is 1140. The van der Waals surface area contributed by atoms with E-state index in [-0.39, 0.29) is 11.7 Å². The van der Waals surface area contributed by atoms with E-state index in [0.29, 0.717) is 10.7 Å². The van der Waals surface area contributed by atoms with E-state index in [1.54, 1.807) is 39.8 Å². The third kappa shape index (κ3) is 3.52. The van der Waals surface area contributed by atoms with Gasteiger partial charge in [-0.05, 0) is 24.3 Å². The second-order valence-electron chi connectivity index (χ2n) is 6.46. The summed E-state index contributed by atoms with van der Waals surface area (Å²) in [5.74, 6) is 1.44. The summed E-state index contributed by atoms with van der Waals surface area (Å²) in [6, 6.07) is 5.67. The van der Waals surface area contributed by atoms with Crippen molar-refractivity contribution < 1.29 is 4.74 Å². The second-order valence-corrected chi connectivity index (χ2v) is 9.22. The Morgan fingerprint density at radius 2 is 2.25 bits per heavy atom. The SMILES string of the molecule is O=c1cc(CSc2nnc(-c3cccs3)n2CC2CCCO2)nc2sccn12. The van der Waals surface area contributed by atoms with E-state index in [1.165, 1.54) is 11.3 Å². The fraction of sp³-hybridized carbons (Fsp3) is 0.333. The first kappa shape index (κ1) is 18.0. The van der Waals surface area contributed by atoms with Crippen LogP contribution in [0.3, 0.4) is 0 Å². The molecular weight excluding hydrogens is 414 g/mol. The molecule has 10 heteroatoms. The molecule has 0 radical (unpaired) electrons. The maximum absolute atomic E-state index is 12.2. The molecule has 0 spiro atoms. The number of aromatic nitrogens is 5. The Labute approximate surface area is 173 Å². The van der Waals surface area contributed by atoms with Crippen LogP contribution in [-0.4, -0.2) is 36.9 Å². The molecule has 0 N–H and O–H groups in total. The maximum Gasteiger partial charge on any atom is 0.258 e. The van der Waals surface area contributed by atoms with Crippen molar-refractivity contribution in [3.05, 3.63) is 51.2 Å². The summed E-state index contributed by atoms with van der Waals surface area (Å²) in [5, 5.41) is 13.6. The van der Waals surface area contributed by atoms with Crippen molar-refractivity contribution in [3.63, 3.8) is 0 Å². The number of thiophene rings is 1. The Morgan fingerprint density at radius 3 is 3.07 bits per heavy atom. The van der Waals surface area contributed by atoms with Crippen molar-refractivity contribution in [1.82, 2.24) is 24.1 Å². The molecule has 1 saturated heterocycles. The fourth-order valence-corrected chi connectivity index (χ4v) is 5.54. The summed E-state index contributed by atoms with van der Waals surface area (Å²) in [4.78, 5) is 18.6. The van der Waals surface area contributed by atoms with Gasteiger partial charge in [-0.3, -0.25) is 13.8 Å². The summed E-state index contributed by atoms with van der Waals surface area (Å²) in [5.41, 5.74) is 0.698. The average molecular weight is 432 g/mol. The number of nitrogens with zero attached hydrogens (tertiary/aromatic N) is 5. The van der Waals surface area contributed by atoms with Crippen molar-refractivity contribution in [2.75, 3.05) is 6.61 Å². The molecular formula is C18H17N5O2S3. The van der Waals surface area contributed by atoms with Gasteiger partial charge in [-0.2, -0.15) is 0 Å². The standard InChI is InChI=1S/C18H17N5O2S3/c24-15-9-12(19-17-22(15)5-8-27-17)11-28-18-21-20-16(14-4-2-7-26-14)23(18)10-13-3-1-6-25-13/h2,4-5,7-9,13H,1,3,6,10-11H2. The zero-order chi connectivity index (χ0) is 18.9. The molecule has 1 fully saturated rings. The predicted molar refractivity (Wildman–Crippen MR) is 111 cm³/mol. The normalized spacial score (nSPS) is 16.9. The smallest absolute Gasteiger partial charge is 0.258 e. The Kier molecular flexibility index (Phi) is 5.02. The van der Waals surface area contributed by atoms with Crippen LogP contribution in [0.4, 0.5) is 0 Å². The molecule has 0 amide bonds. The van der Waals surface area contributed by atoms with Gasteiger partial charge < -0.3 is 4.74 Å². The van der Waals surface area contributed by atoms with Gasteiger partial charge in [0, 0.05) is 30.0 Å². The van der Waals surface area contributed by atoms with Gasteiger partial charge in [0.15, 0.2) is 15.9 Å². The number of ether oxygens (including phenoxy) is 1. The lowest BCUT2D eigenvalue weighted by atomic mass is 10.2. The molecule has 0 saturated carbocycles. The van der Waals surface area contributed by atoms with Gasteiger partial charge in [-0.25, -0.2) is 4.98 Å². The lowest BCUT2D eigenvalue weighted by Gasteiger charge is -2.14. The summed E-state index contributed by atoms with van der Waals surface area (Å²) >= 11 is 4.66. The van der Waals surface area contributed by atoms with Crippen LogP contribution < -0.4 is 5.56 Å². The van der Waals surface area contributed by atoms with Crippen LogP contribution in [0.15, 0.2) is 45.1 Å². The molecule has 5 rings (SSSR count). The molecule has 4 aromatic rings. The van der Waals surface area contributed by atoms with E-state index in [4.69, 9.17) is 4.74 Å². The molecule has 0 aliphatic carbocycles. The number of thioether (sulfide) groups is 1. The maximum atomic E-state index is 12.2. The number of hydrogen-bond acceptors (Lipinski definition) is 8. The molecule has 1 atom stereocenters. The molecule has 144 valence electrons. The first-order chi connectivity index (χ1) is 13.8. The number of rotatable bonds is 6. The van der Waals surface area contributed by atoms with Gasteiger partial charge in [0.2, 0.25) is 0 Å². The highest BCUT2D eigenvalue weighted by Gasteiger charge is 2.22. The van der Waals surface area contributed by atoms with Gasteiger partial charge >= 0.3 is 0 Å². The summed E-state index contributed by atoms with van der Waals surface area (Å²) in [7, 11) is 0. The third-order valence-electron chi connectivity index (χ3n) is 4.57. The quantitative estimate of drug-likeness (QED) is 0.435.